The van der Waals surface area contributed by atoms with E-state index in [9.17, 15) is 4.79 Å². The molecule has 0 unspecified atom stereocenters. The third kappa shape index (κ3) is 8.95. The van der Waals surface area contributed by atoms with Gasteiger partial charge in [-0.05, 0) is 31.0 Å². The largest absolute Gasteiger partial charge is 0.490 e. The number of benzene rings is 1. The molecule has 0 radical (unpaired) electrons. The van der Waals surface area contributed by atoms with Gasteiger partial charge in [0.2, 0.25) is 0 Å². The van der Waals surface area contributed by atoms with Crippen molar-refractivity contribution in [1.29, 1.82) is 0 Å². The third-order valence-corrected chi connectivity index (χ3v) is 4.11. The molecule has 3 heteroatoms. The molecule has 0 saturated heterocycles. The molecule has 0 aliphatic heterocycles. The molecule has 136 valence electrons. The molecule has 0 aliphatic carbocycles. The van der Waals surface area contributed by atoms with Crippen LogP contribution < -0.4 is 9.47 Å². The summed E-state index contributed by atoms with van der Waals surface area (Å²) in [4.78, 5) is 11.0. The van der Waals surface area contributed by atoms with Gasteiger partial charge in [0.05, 0.1) is 13.2 Å². The van der Waals surface area contributed by atoms with Crippen molar-refractivity contribution in [3.8, 4) is 11.5 Å². The van der Waals surface area contributed by atoms with E-state index in [0.717, 1.165) is 24.9 Å². The summed E-state index contributed by atoms with van der Waals surface area (Å²) in [5, 5.41) is 0. The second-order valence-corrected chi connectivity index (χ2v) is 6.35. The van der Waals surface area contributed by atoms with Gasteiger partial charge in [-0.25, -0.2) is 0 Å². The Labute approximate surface area is 147 Å². The van der Waals surface area contributed by atoms with Crippen LogP contribution in [0.15, 0.2) is 18.2 Å². The van der Waals surface area contributed by atoms with Gasteiger partial charge in [0.15, 0.2) is 11.5 Å². The Kier molecular flexibility index (Phi) is 11.9. The molecule has 0 saturated carbocycles. The molecule has 0 bridgehead atoms. The highest BCUT2D eigenvalue weighted by Gasteiger charge is 2.07. The van der Waals surface area contributed by atoms with Crippen molar-refractivity contribution in [1.82, 2.24) is 0 Å². The predicted molar refractivity (Wildman–Crippen MR) is 100 cm³/mol. The topological polar surface area (TPSA) is 35.5 Å². The first kappa shape index (κ1) is 20.5. The Morgan fingerprint density at radius 2 is 1.29 bits per heavy atom. The van der Waals surface area contributed by atoms with E-state index < -0.39 is 0 Å². The summed E-state index contributed by atoms with van der Waals surface area (Å²) >= 11 is 0. The van der Waals surface area contributed by atoms with Gasteiger partial charge in [-0.3, -0.25) is 4.79 Å². The van der Waals surface area contributed by atoms with Crippen molar-refractivity contribution >= 4 is 6.29 Å². The van der Waals surface area contributed by atoms with E-state index >= 15 is 0 Å². The number of rotatable bonds is 15. The first-order chi connectivity index (χ1) is 11.8. The lowest BCUT2D eigenvalue weighted by Crippen LogP contribution is -2.03. The van der Waals surface area contributed by atoms with Gasteiger partial charge in [0, 0.05) is 5.56 Å². The normalized spacial score (nSPS) is 10.6. The fourth-order valence-corrected chi connectivity index (χ4v) is 2.61. The Balaban J connectivity index is 2.39. The maximum Gasteiger partial charge on any atom is 0.161 e. The van der Waals surface area contributed by atoms with Crippen LogP contribution in [0.4, 0.5) is 0 Å². The van der Waals surface area contributed by atoms with Gasteiger partial charge in [-0.2, -0.15) is 0 Å². The Morgan fingerprint density at radius 3 is 1.92 bits per heavy atom. The van der Waals surface area contributed by atoms with Gasteiger partial charge in [-0.1, -0.05) is 65.2 Å². The minimum absolute atomic E-state index is 0.630. The minimum Gasteiger partial charge on any atom is -0.490 e. The van der Waals surface area contributed by atoms with Crippen LogP contribution in [0, 0.1) is 0 Å². The summed E-state index contributed by atoms with van der Waals surface area (Å²) in [6.45, 7) is 5.81. The third-order valence-electron chi connectivity index (χ3n) is 4.11. The Bertz CT molecular complexity index is 443. The summed E-state index contributed by atoms with van der Waals surface area (Å²) < 4.78 is 11.7. The molecule has 0 heterocycles. The number of carbonyl (C=O) groups is 1. The fourth-order valence-electron chi connectivity index (χ4n) is 2.61. The molecular weight excluding hydrogens is 300 g/mol. The minimum atomic E-state index is 0.630. The lowest BCUT2D eigenvalue weighted by Gasteiger charge is -2.13. The molecule has 3 nitrogen and oxygen atoms in total. The second kappa shape index (κ2) is 13.9. The van der Waals surface area contributed by atoms with E-state index in [4.69, 9.17) is 9.47 Å². The van der Waals surface area contributed by atoms with E-state index in [0.29, 0.717) is 24.5 Å². The number of hydrogen-bond acceptors (Lipinski definition) is 3. The van der Waals surface area contributed by atoms with Crippen molar-refractivity contribution in [2.24, 2.45) is 0 Å². The maximum atomic E-state index is 11.0. The van der Waals surface area contributed by atoms with Gasteiger partial charge in [0.25, 0.3) is 0 Å². The van der Waals surface area contributed by atoms with Gasteiger partial charge < -0.3 is 9.47 Å². The molecule has 0 spiro atoms. The van der Waals surface area contributed by atoms with E-state index in [1.165, 1.54) is 51.4 Å². The zero-order chi connectivity index (χ0) is 17.5. The molecule has 0 aromatic heterocycles. The highest BCUT2D eigenvalue weighted by molar-refractivity contribution is 5.76. The van der Waals surface area contributed by atoms with Crippen molar-refractivity contribution < 1.29 is 14.3 Å². The zero-order valence-electron chi connectivity index (χ0n) is 15.5. The Morgan fingerprint density at radius 1 is 0.750 bits per heavy atom. The second-order valence-electron chi connectivity index (χ2n) is 6.35. The highest BCUT2D eigenvalue weighted by atomic mass is 16.5. The number of carbonyl (C=O) groups excluding carboxylic acids is 1. The fraction of sp³-hybridized carbons (Fsp3) is 0.667. The van der Waals surface area contributed by atoms with E-state index in [-0.39, 0.29) is 0 Å². The van der Waals surface area contributed by atoms with E-state index in [1.54, 1.807) is 12.1 Å². The molecule has 1 aromatic rings. The monoisotopic (exact) mass is 334 g/mol. The first-order valence-corrected chi connectivity index (χ1v) is 9.66. The van der Waals surface area contributed by atoms with Crippen molar-refractivity contribution in [2.75, 3.05) is 13.2 Å². The lowest BCUT2D eigenvalue weighted by molar-refractivity contribution is 0.112. The molecular formula is C21H34O3. The SMILES string of the molecule is CCCCCCCCOc1ccc(C=O)cc1OCCCCCC. The van der Waals surface area contributed by atoms with Crippen LogP contribution in [0.25, 0.3) is 0 Å². The summed E-state index contributed by atoms with van der Waals surface area (Å²) in [5.41, 5.74) is 0.630. The zero-order valence-corrected chi connectivity index (χ0v) is 15.5. The first-order valence-electron chi connectivity index (χ1n) is 9.66. The standard InChI is InChI=1S/C21H34O3/c1-3-5-7-9-10-12-15-23-20-14-13-19(18-22)17-21(20)24-16-11-8-6-4-2/h13-14,17-18H,3-12,15-16H2,1-2H3. The van der Waals surface area contributed by atoms with Gasteiger partial charge >= 0.3 is 0 Å². The van der Waals surface area contributed by atoms with Gasteiger partial charge in [-0.15, -0.1) is 0 Å². The van der Waals surface area contributed by atoms with Crippen LogP contribution >= 0.6 is 0 Å². The highest BCUT2D eigenvalue weighted by Crippen LogP contribution is 2.28. The van der Waals surface area contributed by atoms with Crippen molar-refractivity contribution in [3.05, 3.63) is 23.8 Å². The number of hydrogen-bond donors (Lipinski definition) is 0. The average molecular weight is 335 g/mol. The molecule has 0 atom stereocenters. The summed E-state index contributed by atoms with van der Waals surface area (Å²) in [7, 11) is 0. The van der Waals surface area contributed by atoms with Crippen LogP contribution in [-0.4, -0.2) is 19.5 Å². The Hall–Kier alpha value is -1.51. The average Bonchev–Trinajstić information content (AvgIpc) is 2.61. The maximum absolute atomic E-state index is 11.0. The van der Waals surface area contributed by atoms with E-state index in [1.807, 2.05) is 6.07 Å². The summed E-state index contributed by atoms with van der Waals surface area (Å²) in [6, 6.07) is 5.42. The number of unbranched alkanes of at least 4 members (excludes halogenated alkanes) is 8. The summed E-state index contributed by atoms with van der Waals surface area (Å²) in [6.07, 6.45) is 13.0. The molecule has 0 amide bonds. The molecule has 0 aliphatic rings. The van der Waals surface area contributed by atoms with E-state index in [2.05, 4.69) is 13.8 Å². The van der Waals surface area contributed by atoms with Crippen LogP contribution in [0.2, 0.25) is 0 Å². The van der Waals surface area contributed by atoms with Crippen LogP contribution in [0.3, 0.4) is 0 Å². The van der Waals surface area contributed by atoms with Gasteiger partial charge in [0.1, 0.15) is 6.29 Å². The molecule has 24 heavy (non-hydrogen) atoms. The lowest BCUT2D eigenvalue weighted by atomic mass is 10.1. The molecule has 0 N–H and O–H groups in total. The summed E-state index contributed by atoms with van der Waals surface area (Å²) in [5.74, 6) is 1.45. The molecule has 1 rings (SSSR count). The van der Waals surface area contributed by atoms with Crippen LogP contribution in [0.5, 0.6) is 11.5 Å². The number of ether oxygens (including phenoxy) is 2. The molecule has 0 fully saturated rings. The van der Waals surface area contributed by atoms with Crippen molar-refractivity contribution in [2.45, 2.75) is 78.1 Å². The number of aldehydes is 1. The van der Waals surface area contributed by atoms with Crippen LogP contribution in [0.1, 0.15) is 88.4 Å². The smallest absolute Gasteiger partial charge is 0.161 e. The molecule has 1 aromatic carbocycles. The van der Waals surface area contributed by atoms with Crippen molar-refractivity contribution in [3.63, 3.8) is 0 Å². The quantitative estimate of drug-likeness (QED) is 0.283. The van der Waals surface area contributed by atoms with Crippen LogP contribution in [-0.2, 0) is 0 Å². The predicted octanol–water partition coefficient (Wildman–Crippen LogP) is 6.20.